The summed E-state index contributed by atoms with van der Waals surface area (Å²) in [6, 6.07) is 9.98. The van der Waals surface area contributed by atoms with Crippen LogP contribution in [0.3, 0.4) is 0 Å². The third kappa shape index (κ3) is 4.00. The number of urea groups is 1. The maximum atomic E-state index is 12.3. The maximum absolute atomic E-state index is 12.3. The molecule has 2 heterocycles. The summed E-state index contributed by atoms with van der Waals surface area (Å²) >= 11 is 7.23. The molecule has 3 rings (SSSR count). The van der Waals surface area contributed by atoms with Crippen molar-refractivity contribution in [2.75, 3.05) is 13.2 Å². The molecule has 0 bridgehead atoms. The van der Waals surface area contributed by atoms with Gasteiger partial charge in [0, 0.05) is 16.4 Å². The summed E-state index contributed by atoms with van der Waals surface area (Å²) in [5.41, 5.74) is 0. The van der Waals surface area contributed by atoms with Crippen LogP contribution in [0.2, 0.25) is 5.02 Å². The number of thiophene rings is 1. The van der Waals surface area contributed by atoms with Gasteiger partial charge in [0.2, 0.25) is 0 Å². The van der Waals surface area contributed by atoms with Crippen LogP contribution in [0.1, 0.15) is 11.3 Å². The maximum Gasteiger partial charge on any atom is 0.334 e. The number of imide groups is 2. The molecule has 4 amide bonds. The van der Waals surface area contributed by atoms with Crippen molar-refractivity contribution < 1.29 is 19.1 Å². The average molecular weight is 379 g/mol. The lowest BCUT2D eigenvalue weighted by molar-refractivity contribution is -0.143. The normalized spacial score (nSPS) is 14.5. The van der Waals surface area contributed by atoms with E-state index < -0.39 is 17.8 Å². The number of ether oxygens (including phenoxy) is 1. The van der Waals surface area contributed by atoms with E-state index in [1.165, 1.54) is 11.3 Å². The number of benzene rings is 1. The van der Waals surface area contributed by atoms with Gasteiger partial charge in [-0.2, -0.15) is 0 Å². The Morgan fingerprint density at radius 3 is 2.40 bits per heavy atom. The molecule has 0 aliphatic carbocycles. The fourth-order valence-electron chi connectivity index (χ4n) is 2.39. The molecule has 25 heavy (non-hydrogen) atoms. The van der Waals surface area contributed by atoms with Crippen molar-refractivity contribution in [2.45, 2.75) is 13.0 Å². The smallest absolute Gasteiger partial charge is 0.334 e. The van der Waals surface area contributed by atoms with E-state index in [2.05, 4.69) is 0 Å². The van der Waals surface area contributed by atoms with Crippen LogP contribution in [-0.4, -0.2) is 40.8 Å². The fourth-order valence-corrected chi connectivity index (χ4v) is 3.21. The molecule has 0 saturated carbocycles. The lowest BCUT2D eigenvalue weighted by atomic mass is 10.3. The summed E-state index contributed by atoms with van der Waals surface area (Å²) in [5, 5.41) is 2.47. The predicted molar refractivity (Wildman–Crippen MR) is 93.5 cm³/mol. The Hall–Kier alpha value is -2.38. The van der Waals surface area contributed by atoms with Gasteiger partial charge in [0.15, 0.2) is 0 Å². The van der Waals surface area contributed by atoms with Crippen LogP contribution in [0.4, 0.5) is 4.79 Å². The van der Waals surface area contributed by atoms with Gasteiger partial charge < -0.3 is 4.74 Å². The van der Waals surface area contributed by atoms with E-state index in [4.69, 9.17) is 16.3 Å². The van der Waals surface area contributed by atoms with E-state index in [0.717, 1.165) is 14.7 Å². The number of carbonyl (C=O) groups excluding carboxylic acids is 3. The Labute approximate surface area is 153 Å². The highest BCUT2D eigenvalue weighted by atomic mass is 35.5. The second kappa shape index (κ2) is 7.67. The molecule has 1 aliphatic rings. The first-order valence-corrected chi connectivity index (χ1v) is 8.90. The summed E-state index contributed by atoms with van der Waals surface area (Å²) in [6.07, 6.45) is 0.431. The van der Waals surface area contributed by atoms with Gasteiger partial charge in [-0.1, -0.05) is 17.7 Å². The van der Waals surface area contributed by atoms with Crippen LogP contribution < -0.4 is 4.74 Å². The lowest BCUT2D eigenvalue weighted by Gasteiger charge is -2.15. The number of hydrogen-bond donors (Lipinski definition) is 0. The Bertz CT molecular complexity index is 776. The third-order valence-electron chi connectivity index (χ3n) is 3.64. The minimum Gasteiger partial charge on any atom is -0.494 e. The number of carbonyl (C=O) groups is 3. The molecule has 0 unspecified atom stereocenters. The van der Waals surface area contributed by atoms with E-state index in [0.29, 0.717) is 23.8 Å². The molecule has 2 aromatic rings. The summed E-state index contributed by atoms with van der Waals surface area (Å²) in [7, 11) is 0. The van der Waals surface area contributed by atoms with E-state index >= 15 is 0 Å². The van der Waals surface area contributed by atoms with Crippen LogP contribution in [0.25, 0.3) is 0 Å². The van der Waals surface area contributed by atoms with Gasteiger partial charge in [-0.25, -0.2) is 4.79 Å². The third-order valence-corrected chi connectivity index (χ3v) is 4.75. The minimum atomic E-state index is -0.784. The predicted octanol–water partition coefficient (Wildman–Crippen LogP) is 3.16. The highest BCUT2D eigenvalue weighted by Gasteiger charge is 2.44. The Kier molecular flexibility index (Phi) is 5.35. The van der Waals surface area contributed by atoms with E-state index in [-0.39, 0.29) is 13.1 Å². The Balaban J connectivity index is 1.51. The van der Waals surface area contributed by atoms with Gasteiger partial charge in [-0.05, 0) is 42.1 Å². The highest BCUT2D eigenvalue weighted by molar-refractivity contribution is 7.09. The molecular formula is C17H15ClN2O4S. The molecule has 1 aromatic carbocycles. The first-order chi connectivity index (χ1) is 12.1. The molecule has 130 valence electrons. The first kappa shape index (κ1) is 17.4. The van der Waals surface area contributed by atoms with Crippen molar-refractivity contribution in [2.24, 2.45) is 0 Å². The zero-order chi connectivity index (χ0) is 17.8. The second-order valence-electron chi connectivity index (χ2n) is 5.37. The highest BCUT2D eigenvalue weighted by Crippen LogP contribution is 2.19. The Morgan fingerprint density at radius 2 is 1.72 bits per heavy atom. The van der Waals surface area contributed by atoms with Crippen molar-refractivity contribution in [3.05, 3.63) is 51.7 Å². The first-order valence-electron chi connectivity index (χ1n) is 7.64. The van der Waals surface area contributed by atoms with Gasteiger partial charge in [-0.15, -0.1) is 11.3 Å². The molecule has 8 heteroatoms. The van der Waals surface area contributed by atoms with Crippen LogP contribution in [0, 0.1) is 0 Å². The largest absolute Gasteiger partial charge is 0.494 e. The van der Waals surface area contributed by atoms with Crippen LogP contribution >= 0.6 is 22.9 Å². The molecule has 1 saturated heterocycles. The van der Waals surface area contributed by atoms with Gasteiger partial charge in [0.25, 0.3) is 0 Å². The van der Waals surface area contributed by atoms with E-state index in [9.17, 15) is 14.4 Å². The molecule has 0 N–H and O–H groups in total. The molecule has 1 aromatic heterocycles. The topological polar surface area (TPSA) is 66.9 Å². The molecule has 0 spiro atoms. The summed E-state index contributed by atoms with van der Waals surface area (Å²) in [5.74, 6) is -0.913. The van der Waals surface area contributed by atoms with Crippen molar-refractivity contribution in [3.63, 3.8) is 0 Å². The van der Waals surface area contributed by atoms with E-state index in [1.807, 2.05) is 17.5 Å². The molecular weight excluding hydrogens is 364 g/mol. The monoisotopic (exact) mass is 378 g/mol. The van der Waals surface area contributed by atoms with Crippen molar-refractivity contribution in [1.82, 2.24) is 9.80 Å². The van der Waals surface area contributed by atoms with Crippen molar-refractivity contribution >= 4 is 40.8 Å². The van der Waals surface area contributed by atoms with Crippen LogP contribution in [0.15, 0.2) is 41.8 Å². The molecule has 1 aliphatic heterocycles. The summed E-state index contributed by atoms with van der Waals surface area (Å²) in [6.45, 7) is 0.578. The lowest BCUT2D eigenvalue weighted by Crippen LogP contribution is -2.34. The zero-order valence-corrected chi connectivity index (χ0v) is 14.8. The van der Waals surface area contributed by atoms with Crippen LogP contribution in [0.5, 0.6) is 5.75 Å². The van der Waals surface area contributed by atoms with Gasteiger partial charge in [0.1, 0.15) is 5.75 Å². The zero-order valence-electron chi connectivity index (χ0n) is 13.2. The second-order valence-corrected chi connectivity index (χ2v) is 6.83. The summed E-state index contributed by atoms with van der Waals surface area (Å²) < 4.78 is 5.53. The minimum absolute atomic E-state index is 0.124. The van der Waals surface area contributed by atoms with Crippen molar-refractivity contribution in [3.8, 4) is 5.75 Å². The number of rotatable bonds is 7. The van der Waals surface area contributed by atoms with Crippen LogP contribution in [-0.2, 0) is 16.1 Å². The SMILES string of the molecule is O=C1C(=O)N(Cc2cccs2)C(=O)N1CCCOc1ccc(Cl)cc1. The number of hydrogen-bond acceptors (Lipinski definition) is 5. The Morgan fingerprint density at radius 1 is 1.00 bits per heavy atom. The van der Waals surface area contributed by atoms with Gasteiger partial charge in [0.05, 0.1) is 13.2 Å². The number of amides is 4. The van der Waals surface area contributed by atoms with Gasteiger partial charge >= 0.3 is 17.8 Å². The summed E-state index contributed by atoms with van der Waals surface area (Å²) in [4.78, 5) is 39.1. The average Bonchev–Trinajstić information content (AvgIpc) is 3.18. The van der Waals surface area contributed by atoms with Crippen molar-refractivity contribution in [1.29, 1.82) is 0 Å². The fraction of sp³-hybridized carbons (Fsp3) is 0.235. The number of nitrogens with zero attached hydrogens (tertiary/aromatic N) is 2. The standard InChI is InChI=1S/C17H15ClN2O4S/c18-12-4-6-13(7-5-12)24-9-2-8-19-15(21)16(22)20(17(19)23)11-14-3-1-10-25-14/h1,3-7,10H,2,8-9,11H2. The van der Waals surface area contributed by atoms with Gasteiger partial charge in [-0.3, -0.25) is 19.4 Å². The molecule has 0 atom stereocenters. The molecule has 0 radical (unpaired) electrons. The molecule has 6 nitrogen and oxygen atoms in total. The van der Waals surface area contributed by atoms with E-state index in [1.54, 1.807) is 24.3 Å². The number of halogens is 1. The quantitative estimate of drug-likeness (QED) is 0.421. The molecule has 1 fully saturated rings.